The van der Waals surface area contributed by atoms with Crippen molar-refractivity contribution in [2.75, 3.05) is 7.05 Å². The summed E-state index contributed by atoms with van der Waals surface area (Å²) in [6, 6.07) is 0. The van der Waals surface area contributed by atoms with Crippen LogP contribution in [0.1, 0.15) is 39.0 Å². The molecule has 0 spiro atoms. The zero-order valence-electron chi connectivity index (χ0n) is 6.69. The second kappa shape index (κ2) is 6.09. The minimum Gasteiger partial charge on any atom is -0.333 e. The van der Waals surface area contributed by atoms with Crippen molar-refractivity contribution < 1.29 is 0 Å². The first-order valence-corrected chi connectivity index (χ1v) is 4.01. The van der Waals surface area contributed by atoms with Gasteiger partial charge in [-0.25, -0.2) is 0 Å². The third-order valence-corrected chi connectivity index (χ3v) is 2.05. The first kappa shape index (κ1) is 8.96. The summed E-state index contributed by atoms with van der Waals surface area (Å²) in [5.41, 5.74) is 4.50. The van der Waals surface area contributed by atoms with Crippen LogP contribution < -0.4 is 5.73 Å². The van der Waals surface area contributed by atoms with Crippen LogP contribution in [-0.2, 0) is 0 Å². The first-order valence-electron chi connectivity index (χ1n) is 4.01. The van der Waals surface area contributed by atoms with Gasteiger partial charge in [-0.15, -0.1) is 0 Å². The smallest absolute Gasteiger partial charge is 0.0195 e. The predicted octanol–water partition coefficient (Wildman–Crippen LogP) is 2.16. The molecule has 1 aliphatic carbocycles. The summed E-state index contributed by atoms with van der Waals surface area (Å²) in [7, 11) is 1.50. The normalized spacial score (nSPS) is 19.0. The van der Waals surface area contributed by atoms with E-state index in [9.17, 15) is 0 Å². The van der Waals surface area contributed by atoms with E-state index in [-0.39, 0.29) is 0 Å². The minimum absolute atomic E-state index is 1.10. The Balaban J connectivity index is 0.000000291. The van der Waals surface area contributed by atoms with Gasteiger partial charge in [0, 0.05) is 0 Å². The van der Waals surface area contributed by atoms with E-state index in [1.165, 1.54) is 39.2 Å². The van der Waals surface area contributed by atoms with E-state index in [1.807, 2.05) is 0 Å². The lowest BCUT2D eigenvalue weighted by molar-refractivity contribution is 0.531. The van der Waals surface area contributed by atoms with Crippen LogP contribution in [0.25, 0.3) is 0 Å². The molecule has 1 heteroatoms. The summed E-state index contributed by atoms with van der Waals surface area (Å²) in [6.07, 6.45) is 7.43. The van der Waals surface area contributed by atoms with E-state index in [4.69, 9.17) is 0 Å². The minimum atomic E-state index is 1.10. The second-order valence-electron chi connectivity index (χ2n) is 2.56. The molecule has 0 aromatic rings. The van der Waals surface area contributed by atoms with Crippen molar-refractivity contribution in [1.29, 1.82) is 0 Å². The van der Waals surface area contributed by atoms with Crippen LogP contribution in [0.15, 0.2) is 0 Å². The van der Waals surface area contributed by atoms with Gasteiger partial charge in [-0.2, -0.15) is 0 Å². The van der Waals surface area contributed by atoms with Gasteiger partial charge in [-0.3, -0.25) is 0 Å². The number of rotatable bonds is 1. The first-order chi connectivity index (χ1) is 4.43. The van der Waals surface area contributed by atoms with Crippen molar-refractivity contribution in [2.45, 2.75) is 39.0 Å². The Bertz CT molecular complexity index is 46.5. The number of hydrogen-bond acceptors (Lipinski definition) is 1. The maximum atomic E-state index is 4.50. The highest BCUT2D eigenvalue weighted by molar-refractivity contribution is 4.64. The zero-order valence-corrected chi connectivity index (χ0v) is 6.69. The molecule has 0 bridgehead atoms. The van der Waals surface area contributed by atoms with Crippen LogP contribution in [0, 0.1) is 5.92 Å². The van der Waals surface area contributed by atoms with E-state index < -0.39 is 0 Å². The average molecular weight is 129 g/mol. The van der Waals surface area contributed by atoms with Gasteiger partial charge in [-0.1, -0.05) is 39.0 Å². The van der Waals surface area contributed by atoms with Gasteiger partial charge in [0.05, 0.1) is 0 Å². The fourth-order valence-electron chi connectivity index (χ4n) is 1.42. The lowest BCUT2D eigenvalue weighted by Crippen LogP contribution is -1.86. The molecule has 0 atom stereocenters. The highest BCUT2D eigenvalue weighted by Crippen LogP contribution is 2.26. The molecule has 0 heterocycles. The average Bonchev–Trinajstić information content (AvgIpc) is 2.43. The summed E-state index contributed by atoms with van der Waals surface area (Å²) >= 11 is 0. The van der Waals surface area contributed by atoms with Gasteiger partial charge in [0.1, 0.15) is 0 Å². The van der Waals surface area contributed by atoms with Gasteiger partial charge in [0.15, 0.2) is 0 Å². The number of nitrogens with two attached hydrogens (primary N) is 1. The molecular formula is C8H19N. The molecule has 0 amide bonds. The van der Waals surface area contributed by atoms with Crippen molar-refractivity contribution >= 4 is 0 Å². The SMILES string of the molecule is CCC1CCCC1.CN. The maximum Gasteiger partial charge on any atom is -0.0195 e. The summed E-state index contributed by atoms with van der Waals surface area (Å²) in [5.74, 6) is 1.10. The van der Waals surface area contributed by atoms with Crippen LogP contribution in [0.3, 0.4) is 0 Å². The Morgan fingerprint density at radius 2 is 1.67 bits per heavy atom. The van der Waals surface area contributed by atoms with E-state index >= 15 is 0 Å². The Morgan fingerprint density at radius 1 is 1.22 bits per heavy atom. The second-order valence-corrected chi connectivity index (χ2v) is 2.56. The highest BCUT2D eigenvalue weighted by Gasteiger charge is 2.11. The molecule has 1 rings (SSSR count). The molecule has 56 valence electrons. The molecular weight excluding hydrogens is 110 g/mol. The van der Waals surface area contributed by atoms with Gasteiger partial charge in [0.2, 0.25) is 0 Å². The molecule has 0 radical (unpaired) electrons. The van der Waals surface area contributed by atoms with Crippen LogP contribution >= 0.6 is 0 Å². The van der Waals surface area contributed by atoms with E-state index in [0.29, 0.717) is 0 Å². The van der Waals surface area contributed by atoms with E-state index in [1.54, 1.807) is 0 Å². The van der Waals surface area contributed by atoms with E-state index in [2.05, 4.69) is 12.7 Å². The molecule has 0 aliphatic heterocycles. The molecule has 0 aromatic carbocycles. The molecule has 0 unspecified atom stereocenters. The zero-order chi connectivity index (χ0) is 7.11. The summed E-state index contributed by atoms with van der Waals surface area (Å²) < 4.78 is 0. The Kier molecular flexibility index (Phi) is 6.06. The summed E-state index contributed by atoms with van der Waals surface area (Å²) in [5, 5.41) is 0. The third-order valence-electron chi connectivity index (χ3n) is 2.05. The monoisotopic (exact) mass is 129 g/mol. The molecule has 9 heavy (non-hydrogen) atoms. The van der Waals surface area contributed by atoms with Crippen molar-refractivity contribution in [3.63, 3.8) is 0 Å². The van der Waals surface area contributed by atoms with Gasteiger partial charge in [-0.05, 0) is 13.0 Å². The maximum absolute atomic E-state index is 4.50. The van der Waals surface area contributed by atoms with Crippen molar-refractivity contribution in [3.05, 3.63) is 0 Å². The van der Waals surface area contributed by atoms with Crippen molar-refractivity contribution in [1.82, 2.24) is 0 Å². The standard InChI is InChI=1S/C7H14.CH5N/c1-2-7-5-3-4-6-7;1-2/h7H,2-6H2,1H3;2H2,1H3. The Morgan fingerprint density at radius 3 is 1.89 bits per heavy atom. The largest absolute Gasteiger partial charge is 0.333 e. The predicted molar refractivity (Wildman–Crippen MR) is 42.4 cm³/mol. The lowest BCUT2D eigenvalue weighted by atomic mass is 10.1. The Labute approximate surface area is 58.6 Å². The van der Waals surface area contributed by atoms with Crippen molar-refractivity contribution in [2.24, 2.45) is 11.7 Å². The summed E-state index contributed by atoms with van der Waals surface area (Å²) in [6.45, 7) is 2.30. The molecule has 0 aromatic heterocycles. The Hall–Kier alpha value is -0.0400. The fourth-order valence-corrected chi connectivity index (χ4v) is 1.42. The van der Waals surface area contributed by atoms with Crippen molar-refractivity contribution in [3.8, 4) is 0 Å². The summed E-state index contributed by atoms with van der Waals surface area (Å²) in [4.78, 5) is 0. The van der Waals surface area contributed by atoms with Crippen LogP contribution in [0.4, 0.5) is 0 Å². The highest BCUT2D eigenvalue weighted by atomic mass is 14.4. The van der Waals surface area contributed by atoms with Crippen LogP contribution in [-0.4, -0.2) is 7.05 Å². The van der Waals surface area contributed by atoms with E-state index in [0.717, 1.165) is 5.92 Å². The third kappa shape index (κ3) is 3.52. The van der Waals surface area contributed by atoms with Gasteiger partial charge < -0.3 is 5.73 Å². The quantitative estimate of drug-likeness (QED) is 0.577. The molecule has 2 N–H and O–H groups in total. The van der Waals surface area contributed by atoms with Crippen LogP contribution in [0.5, 0.6) is 0 Å². The molecule has 1 aliphatic rings. The van der Waals surface area contributed by atoms with Crippen LogP contribution in [0.2, 0.25) is 0 Å². The topological polar surface area (TPSA) is 26.0 Å². The lowest BCUT2D eigenvalue weighted by Gasteiger charge is -1.99. The molecule has 1 saturated carbocycles. The number of hydrogen-bond donors (Lipinski definition) is 1. The molecule has 1 fully saturated rings. The molecule has 0 saturated heterocycles. The van der Waals surface area contributed by atoms with Gasteiger partial charge in [0.25, 0.3) is 0 Å². The molecule has 1 nitrogen and oxygen atoms in total. The fraction of sp³-hybridized carbons (Fsp3) is 1.00. The van der Waals surface area contributed by atoms with Gasteiger partial charge >= 0.3 is 0 Å².